The van der Waals surface area contributed by atoms with Crippen LogP contribution in [0, 0.1) is 6.92 Å². The molecule has 1 aromatic rings. The fourth-order valence-corrected chi connectivity index (χ4v) is 1.96. The molecule has 2 heterocycles. The number of aromatic nitrogens is 1. The summed E-state index contributed by atoms with van der Waals surface area (Å²) in [6.45, 7) is 6.16. The van der Waals surface area contributed by atoms with E-state index >= 15 is 0 Å². The molecule has 17 heavy (non-hydrogen) atoms. The van der Waals surface area contributed by atoms with Crippen LogP contribution < -0.4 is 4.90 Å². The van der Waals surface area contributed by atoms with Gasteiger partial charge in [-0.05, 0) is 25.6 Å². The Morgan fingerprint density at radius 3 is 2.65 bits per heavy atom. The predicted octanol–water partition coefficient (Wildman–Crippen LogP) is 0.950. The second-order valence-electron chi connectivity index (χ2n) is 4.43. The van der Waals surface area contributed by atoms with E-state index in [0.29, 0.717) is 0 Å². The van der Waals surface area contributed by atoms with Crippen LogP contribution in [0.3, 0.4) is 0 Å². The van der Waals surface area contributed by atoms with Crippen molar-refractivity contribution in [3.8, 4) is 0 Å². The third-order valence-corrected chi connectivity index (χ3v) is 3.16. The van der Waals surface area contributed by atoms with Crippen molar-refractivity contribution in [3.63, 3.8) is 0 Å². The Morgan fingerprint density at radius 1 is 1.35 bits per heavy atom. The Kier molecular flexibility index (Phi) is 3.58. The summed E-state index contributed by atoms with van der Waals surface area (Å²) in [4.78, 5) is 9.01. The number of oxime groups is 1. The first-order chi connectivity index (χ1) is 8.20. The molecule has 1 aliphatic rings. The third-order valence-electron chi connectivity index (χ3n) is 3.16. The summed E-state index contributed by atoms with van der Waals surface area (Å²) in [5, 5.41) is 11.6. The number of aryl methyl sites for hydroxylation is 1. The van der Waals surface area contributed by atoms with Crippen LogP contribution in [0.25, 0.3) is 0 Å². The summed E-state index contributed by atoms with van der Waals surface area (Å²) in [7, 11) is 2.14. The highest BCUT2D eigenvalue weighted by molar-refractivity contribution is 5.81. The number of hydrogen-bond donors (Lipinski definition) is 1. The third kappa shape index (κ3) is 2.74. The number of piperazine rings is 1. The van der Waals surface area contributed by atoms with Gasteiger partial charge in [-0.3, -0.25) is 0 Å². The molecule has 1 aliphatic heterocycles. The van der Waals surface area contributed by atoms with Crippen LogP contribution in [0.2, 0.25) is 0 Å². The minimum Gasteiger partial charge on any atom is -0.411 e. The Bertz CT molecular complexity index is 411. The standard InChI is InChI=1S/C12H18N4O/c1-10-7-12(13-8-11(10)9-14-17)16-5-3-15(2)4-6-16/h7-9,17H,3-6H2,1-2H3/b14-9-. The van der Waals surface area contributed by atoms with Gasteiger partial charge in [0.25, 0.3) is 0 Å². The van der Waals surface area contributed by atoms with Crippen molar-refractivity contribution in [1.82, 2.24) is 9.88 Å². The van der Waals surface area contributed by atoms with Crippen LogP contribution >= 0.6 is 0 Å². The molecule has 0 radical (unpaired) electrons. The normalized spacial score (nSPS) is 17.9. The molecule has 5 heteroatoms. The molecule has 5 nitrogen and oxygen atoms in total. The van der Waals surface area contributed by atoms with E-state index in [0.717, 1.165) is 43.1 Å². The number of nitrogens with zero attached hydrogens (tertiary/aromatic N) is 4. The summed E-state index contributed by atoms with van der Waals surface area (Å²) >= 11 is 0. The van der Waals surface area contributed by atoms with E-state index < -0.39 is 0 Å². The first-order valence-electron chi connectivity index (χ1n) is 5.78. The van der Waals surface area contributed by atoms with Gasteiger partial charge >= 0.3 is 0 Å². The molecule has 0 atom stereocenters. The molecule has 92 valence electrons. The van der Waals surface area contributed by atoms with E-state index in [9.17, 15) is 0 Å². The molecule has 0 aliphatic carbocycles. The predicted molar refractivity (Wildman–Crippen MR) is 68.1 cm³/mol. The molecule has 2 rings (SSSR count). The van der Waals surface area contributed by atoms with Crippen LogP contribution in [0.5, 0.6) is 0 Å². The fourth-order valence-electron chi connectivity index (χ4n) is 1.96. The molecule has 1 saturated heterocycles. The molecule has 0 bridgehead atoms. The van der Waals surface area contributed by atoms with Crippen molar-refractivity contribution in [2.24, 2.45) is 5.16 Å². The average Bonchev–Trinajstić information content (AvgIpc) is 2.33. The van der Waals surface area contributed by atoms with Gasteiger partial charge in [0.1, 0.15) is 5.82 Å². The van der Waals surface area contributed by atoms with E-state index in [1.54, 1.807) is 6.20 Å². The zero-order valence-electron chi connectivity index (χ0n) is 10.3. The summed E-state index contributed by atoms with van der Waals surface area (Å²) in [6, 6.07) is 2.04. The number of hydrogen-bond acceptors (Lipinski definition) is 5. The molecule has 1 N–H and O–H groups in total. The van der Waals surface area contributed by atoms with E-state index in [1.807, 2.05) is 13.0 Å². The van der Waals surface area contributed by atoms with Crippen LogP contribution in [-0.4, -0.2) is 54.5 Å². The first-order valence-corrected chi connectivity index (χ1v) is 5.78. The monoisotopic (exact) mass is 234 g/mol. The Hall–Kier alpha value is -1.62. The summed E-state index contributed by atoms with van der Waals surface area (Å²) in [6.07, 6.45) is 3.17. The number of rotatable bonds is 2. The highest BCUT2D eigenvalue weighted by atomic mass is 16.4. The van der Waals surface area contributed by atoms with E-state index in [1.165, 1.54) is 6.21 Å². The second kappa shape index (κ2) is 5.14. The minimum atomic E-state index is 0.852. The van der Waals surface area contributed by atoms with Gasteiger partial charge in [0, 0.05) is 37.9 Å². The second-order valence-corrected chi connectivity index (χ2v) is 4.43. The Labute approximate surface area is 101 Å². The van der Waals surface area contributed by atoms with Crippen LogP contribution in [0.4, 0.5) is 5.82 Å². The van der Waals surface area contributed by atoms with E-state index in [4.69, 9.17) is 5.21 Å². The van der Waals surface area contributed by atoms with E-state index in [2.05, 4.69) is 27.0 Å². The quantitative estimate of drug-likeness (QED) is 0.470. The smallest absolute Gasteiger partial charge is 0.128 e. The Balaban J connectivity index is 2.14. The topological polar surface area (TPSA) is 52.0 Å². The lowest BCUT2D eigenvalue weighted by atomic mass is 10.1. The van der Waals surface area contributed by atoms with Crippen molar-refractivity contribution in [1.29, 1.82) is 0 Å². The molecule has 1 aromatic heterocycles. The largest absolute Gasteiger partial charge is 0.411 e. The Morgan fingerprint density at radius 2 is 2.06 bits per heavy atom. The van der Waals surface area contributed by atoms with Gasteiger partial charge in [-0.15, -0.1) is 0 Å². The summed E-state index contributed by atoms with van der Waals surface area (Å²) in [5.74, 6) is 1.01. The lowest BCUT2D eigenvalue weighted by Crippen LogP contribution is -2.44. The average molecular weight is 234 g/mol. The number of pyridine rings is 1. The number of likely N-dealkylation sites (N-methyl/N-ethyl adjacent to an activating group) is 1. The van der Waals surface area contributed by atoms with Gasteiger partial charge < -0.3 is 15.0 Å². The lowest BCUT2D eigenvalue weighted by Gasteiger charge is -2.33. The molecule has 0 unspecified atom stereocenters. The van der Waals surface area contributed by atoms with Crippen molar-refractivity contribution in [2.45, 2.75) is 6.92 Å². The number of anilines is 1. The van der Waals surface area contributed by atoms with Crippen LogP contribution in [0.1, 0.15) is 11.1 Å². The van der Waals surface area contributed by atoms with Gasteiger partial charge in [-0.1, -0.05) is 5.16 Å². The summed E-state index contributed by atoms with van der Waals surface area (Å²) in [5.41, 5.74) is 1.93. The maximum absolute atomic E-state index is 8.52. The molecule has 0 spiro atoms. The SMILES string of the molecule is Cc1cc(N2CCN(C)CC2)ncc1/C=N\O. The molecular formula is C12H18N4O. The maximum atomic E-state index is 8.52. The van der Waals surface area contributed by atoms with E-state index in [-0.39, 0.29) is 0 Å². The zero-order chi connectivity index (χ0) is 12.3. The maximum Gasteiger partial charge on any atom is 0.128 e. The van der Waals surface area contributed by atoms with Crippen molar-refractivity contribution in [2.75, 3.05) is 38.1 Å². The molecule has 1 fully saturated rings. The van der Waals surface area contributed by atoms with Crippen molar-refractivity contribution in [3.05, 3.63) is 23.4 Å². The minimum absolute atomic E-state index is 0.852. The lowest BCUT2D eigenvalue weighted by molar-refractivity contribution is 0.312. The highest BCUT2D eigenvalue weighted by Gasteiger charge is 2.15. The van der Waals surface area contributed by atoms with Gasteiger partial charge in [0.15, 0.2) is 0 Å². The van der Waals surface area contributed by atoms with Gasteiger partial charge in [-0.2, -0.15) is 0 Å². The van der Waals surface area contributed by atoms with Crippen molar-refractivity contribution < 1.29 is 5.21 Å². The van der Waals surface area contributed by atoms with Gasteiger partial charge in [-0.25, -0.2) is 4.98 Å². The highest BCUT2D eigenvalue weighted by Crippen LogP contribution is 2.16. The fraction of sp³-hybridized carbons (Fsp3) is 0.500. The van der Waals surface area contributed by atoms with Crippen molar-refractivity contribution >= 4 is 12.0 Å². The molecular weight excluding hydrogens is 216 g/mol. The first kappa shape index (κ1) is 11.9. The van der Waals surface area contributed by atoms with Gasteiger partial charge in [0.2, 0.25) is 0 Å². The summed E-state index contributed by atoms with van der Waals surface area (Å²) < 4.78 is 0. The van der Waals surface area contributed by atoms with Gasteiger partial charge in [0.05, 0.1) is 6.21 Å². The zero-order valence-corrected chi connectivity index (χ0v) is 10.3. The molecule has 0 saturated carbocycles. The molecule has 0 amide bonds. The molecule has 0 aromatic carbocycles. The van der Waals surface area contributed by atoms with Crippen LogP contribution in [-0.2, 0) is 0 Å². The van der Waals surface area contributed by atoms with Crippen LogP contribution in [0.15, 0.2) is 17.4 Å².